The van der Waals surface area contributed by atoms with Gasteiger partial charge in [-0.1, -0.05) is 29.4 Å². The molecule has 1 aliphatic rings. The molecule has 1 heterocycles. The summed E-state index contributed by atoms with van der Waals surface area (Å²) in [6.07, 6.45) is 2.23. The summed E-state index contributed by atoms with van der Waals surface area (Å²) in [5, 5.41) is 7.41. The van der Waals surface area contributed by atoms with Gasteiger partial charge in [0.2, 0.25) is 0 Å². The van der Waals surface area contributed by atoms with E-state index >= 15 is 0 Å². The van der Waals surface area contributed by atoms with Gasteiger partial charge in [0.05, 0.1) is 12.2 Å². The smallest absolute Gasteiger partial charge is 0.150 e. The average Bonchev–Trinajstić information content (AvgIpc) is 2.91. The summed E-state index contributed by atoms with van der Waals surface area (Å²) in [6.45, 7) is 2.71. The van der Waals surface area contributed by atoms with E-state index in [0.717, 1.165) is 30.8 Å². The highest BCUT2D eigenvalue weighted by Gasteiger charge is 2.20. The second kappa shape index (κ2) is 4.34. The van der Waals surface area contributed by atoms with Crippen LogP contribution in [0.1, 0.15) is 22.6 Å². The van der Waals surface area contributed by atoms with E-state index in [1.54, 1.807) is 0 Å². The first kappa shape index (κ1) is 10.5. The lowest BCUT2D eigenvalue weighted by Crippen LogP contribution is -2.28. The van der Waals surface area contributed by atoms with Gasteiger partial charge in [-0.25, -0.2) is 0 Å². The molecule has 2 aromatic rings. The molecular formula is C14H16N2O. The fraction of sp³-hybridized carbons (Fsp3) is 0.357. The fourth-order valence-electron chi connectivity index (χ4n) is 2.45. The van der Waals surface area contributed by atoms with Crippen molar-refractivity contribution in [1.82, 2.24) is 10.5 Å². The number of hydrogen-bond donors (Lipinski definition) is 1. The third-order valence-corrected chi connectivity index (χ3v) is 3.29. The molecular weight excluding hydrogens is 212 g/mol. The number of rotatable bonds is 3. The molecule has 88 valence electrons. The molecule has 0 saturated heterocycles. The van der Waals surface area contributed by atoms with Gasteiger partial charge < -0.3 is 9.84 Å². The van der Waals surface area contributed by atoms with Gasteiger partial charge in [0.15, 0.2) is 5.76 Å². The summed E-state index contributed by atoms with van der Waals surface area (Å²) >= 11 is 0. The Labute approximate surface area is 101 Å². The van der Waals surface area contributed by atoms with E-state index in [1.165, 1.54) is 11.1 Å². The average molecular weight is 228 g/mol. The molecule has 0 saturated carbocycles. The monoisotopic (exact) mass is 228 g/mol. The van der Waals surface area contributed by atoms with Crippen molar-refractivity contribution in [3.63, 3.8) is 0 Å². The SMILES string of the molecule is Cc1cc(CNC2Cc3ccccc3C2)on1. The maximum absolute atomic E-state index is 5.19. The lowest BCUT2D eigenvalue weighted by Gasteiger charge is -2.09. The number of aryl methyl sites for hydroxylation is 1. The number of nitrogens with one attached hydrogen (secondary N) is 1. The topological polar surface area (TPSA) is 38.1 Å². The Kier molecular flexibility index (Phi) is 2.69. The minimum absolute atomic E-state index is 0.526. The minimum atomic E-state index is 0.526. The normalized spacial score (nSPS) is 15.1. The first-order valence-electron chi connectivity index (χ1n) is 6.03. The first-order chi connectivity index (χ1) is 8.31. The second-order valence-corrected chi connectivity index (χ2v) is 4.69. The number of fused-ring (bicyclic) bond motifs is 1. The fourth-order valence-corrected chi connectivity index (χ4v) is 2.45. The summed E-state index contributed by atoms with van der Waals surface area (Å²) in [5.74, 6) is 0.915. The largest absolute Gasteiger partial charge is 0.360 e. The van der Waals surface area contributed by atoms with Crippen LogP contribution in [0.4, 0.5) is 0 Å². The van der Waals surface area contributed by atoms with Crippen LogP contribution in [0.15, 0.2) is 34.9 Å². The molecule has 1 aromatic heterocycles. The third kappa shape index (κ3) is 2.24. The predicted octanol–water partition coefficient (Wildman–Crippen LogP) is 2.24. The molecule has 0 atom stereocenters. The highest BCUT2D eigenvalue weighted by molar-refractivity contribution is 5.33. The van der Waals surface area contributed by atoms with Gasteiger partial charge in [0.25, 0.3) is 0 Å². The van der Waals surface area contributed by atoms with Gasteiger partial charge in [-0.3, -0.25) is 0 Å². The molecule has 0 spiro atoms. The predicted molar refractivity (Wildman–Crippen MR) is 65.7 cm³/mol. The Morgan fingerprint density at radius 1 is 1.29 bits per heavy atom. The van der Waals surface area contributed by atoms with E-state index in [2.05, 4.69) is 34.7 Å². The third-order valence-electron chi connectivity index (χ3n) is 3.29. The number of benzene rings is 1. The van der Waals surface area contributed by atoms with Crippen molar-refractivity contribution in [3.05, 3.63) is 52.9 Å². The van der Waals surface area contributed by atoms with Gasteiger partial charge in [-0.15, -0.1) is 0 Å². The van der Waals surface area contributed by atoms with Crippen LogP contribution in [0.5, 0.6) is 0 Å². The number of aromatic nitrogens is 1. The van der Waals surface area contributed by atoms with Crippen LogP contribution in [0, 0.1) is 6.92 Å². The molecule has 0 fully saturated rings. The van der Waals surface area contributed by atoms with Crippen molar-refractivity contribution in [2.24, 2.45) is 0 Å². The van der Waals surface area contributed by atoms with Gasteiger partial charge in [-0.2, -0.15) is 0 Å². The van der Waals surface area contributed by atoms with Gasteiger partial charge >= 0.3 is 0 Å². The second-order valence-electron chi connectivity index (χ2n) is 4.69. The van der Waals surface area contributed by atoms with Gasteiger partial charge in [-0.05, 0) is 30.9 Å². The van der Waals surface area contributed by atoms with Crippen LogP contribution >= 0.6 is 0 Å². The Bertz CT molecular complexity index is 493. The summed E-state index contributed by atoms with van der Waals surface area (Å²) in [6, 6.07) is 11.2. The zero-order valence-corrected chi connectivity index (χ0v) is 9.94. The molecule has 1 N–H and O–H groups in total. The lowest BCUT2D eigenvalue weighted by molar-refractivity contribution is 0.360. The molecule has 1 aliphatic carbocycles. The summed E-state index contributed by atoms with van der Waals surface area (Å²) in [4.78, 5) is 0. The van der Waals surface area contributed by atoms with Crippen molar-refractivity contribution in [2.75, 3.05) is 0 Å². The highest BCUT2D eigenvalue weighted by Crippen LogP contribution is 2.21. The standard InChI is InChI=1S/C14H16N2O/c1-10-6-14(17-16-10)9-15-13-7-11-4-2-3-5-12(11)8-13/h2-6,13,15H,7-9H2,1H3. The molecule has 3 heteroatoms. The quantitative estimate of drug-likeness (QED) is 0.875. The summed E-state index contributed by atoms with van der Waals surface area (Å²) in [7, 11) is 0. The van der Waals surface area contributed by atoms with Crippen LogP contribution in [0.2, 0.25) is 0 Å². The first-order valence-corrected chi connectivity index (χ1v) is 6.03. The lowest BCUT2D eigenvalue weighted by atomic mass is 10.1. The Morgan fingerprint density at radius 2 is 2.00 bits per heavy atom. The molecule has 0 radical (unpaired) electrons. The molecule has 3 nitrogen and oxygen atoms in total. The van der Waals surface area contributed by atoms with Crippen LogP contribution < -0.4 is 5.32 Å². The van der Waals surface area contributed by atoms with Gasteiger partial charge in [0, 0.05) is 12.1 Å². The van der Waals surface area contributed by atoms with E-state index in [1.807, 2.05) is 13.0 Å². The number of hydrogen-bond acceptors (Lipinski definition) is 3. The van der Waals surface area contributed by atoms with E-state index in [4.69, 9.17) is 4.52 Å². The Hall–Kier alpha value is -1.61. The van der Waals surface area contributed by atoms with Crippen molar-refractivity contribution in [3.8, 4) is 0 Å². The minimum Gasteiger partial charge on any atom is -0.360 e. The van der Waals surface area contributed by atoms with E-state index in [0.29, 0.717) is 6.04 Å². The van der Waals surface area contributed by atoms with Crippen LogP contribution in [-0.2, 0) is 19.4 Å². The molecule has 3 rings (SSSR count). The summed E-state index contributed by atoms with van der Waals surface area (Å²) < 4.78 is 5.19. The highest BCUT2D eigenvalue weighted by atomic mass is 16.5. The van der Waals surface area contributed by atoms with Crippen LogP contribution in [0.3, 0.4) is 0 Å². The molecule has 1 aromatic carbocycles. The maximum Gasteiger partial charge on any atom is 0.150 e. The van der Waals surface area contributed by atoms with Crippen molar-refractivity contribution in [2.45, 2.75) is 32.4 Å². The van der Waals surface area contributed by atoms with Crippen molar-refractivity contribution in [1.29, 1.82) is 0 Å². The van der Waals surface area contributed by atoms with Crippen LogP contribution in [-0.4, -0.2) is 11.2 Å². The van der Waals surface area contributed by atoms with Crippen molar-refractivity contribution >= 4 is 0 Å². The van der Waals surface area contributed by atoms with Gasteiger partial charge in [0.1, 0.15) is 0 Å². The summed E-state index contributed by atoms with van der Waals surface area (Å²) in [5.41, 5.74) is 3.88. The molecule has 0 bridgehead atoms. The molecule has 17 heavy (non-hydrogen) atoms. The van der Waals surface area contributed by atoms with E-state index in [-0.39, 0.29) is 0 Å². The van der Waals surface area contributed by atoms with E-state index in [9.17, 15) is 0 Å². The Morgan fingerprint density at radius 3 is 2.59 bits per heavy atom. The van der Waals surface area contributed by atoms with Crippen LogP contribution in [0.25, 0.3) is 0 Å². The molecule has 0 amide bonds. The Balaban J connectivity index is 1.59. The zero-order chi connectivity index (χ0) is 11.7. The zero-order valence-electron chi connectivity index (χ0n) is 9.94. The molecule has 0 aliphatic heterocycles. The van der Waals surface area contributed by atoms with Crippen molar-refractivity contribution < 1.29 is 4.52 Å². The number of nitrogens with zero attached hydrogens (tertiary/aromatic N) is 1. The maximum atomic E-state index is 5.19. The van der Waals surface area contributed by atoms with E-state index < -0.39 is 0 Å². The molecule has 0 unspecified atom stereocenters.